The first kappa shape index (κ1) is 11.4. The first-order chi connectivity index (χ1) is 6.43. The fraction of sp³-hybridized carbons (Fsp3) is 0. The van der Waals surface area contributed by atoms with Gasteiger partial charge in [-0.2, -0.15) is 0 Å². The second-order valence-corrected chi connectivity index (χ2v) is 4.36. The lowest BCUT2D eigenvalue weighted by molar-refractivity contribution is -0.385. The van der Waals surface area contributed by atoms with Crippen LogP contribution < -0.4 is 0 Å². The van der Waals surface area contributed by atoms with Gasteiger partial charge in [0.1, 0.15) is 0 Å². The molecule has 7 heteroatoms. The molecule has 0 saturated heterocycles. The Morgan fingerprint density at radius 2 is 2.14 bits per heavy atom. The van der Waals surface area contributed by atoms with Crippen molar-refractivity contribution in [3.8, 4) is 0 Å². The van der Waals surface area contributed by atoms with Gasteiger partial charge in [0, 0.05) is 10.5 Å². The summed E-state index contributed by atoms with van der Waals surface area (Å²) in [7, 11) is 0. The van der Waals surface area contributed by atoms with Crippen molar-refractivity contribution in [2.45, 2.75) is 0 Å². The Labute approximate surface area is 101 Å². The molecule has 0 aliphatic heterocycles. The van der Waals surface area contributed by atoms with Gasteiger partial charge in [-0.1, -0.05) is 0 Å². The Hall–Kier alpha value is -0.700. The number of nitro groups is 1. The number of halogens is 2. The zero-order valence-electron chi connectivity index (χ0n) is 6.53. The molecular formula is C7H3BrINO4. The van der Waals surface area contributed by atoms with Gasteiger partial charge in [0.05, 0.1) is 14.1 Å². The normalized spacial score (nSPS) is 9.86. The van der Waals surface area contributed by atoms with Crippen molar-refractivity contribution in [2.24, 2.45) is 0 Å². The predicted molar refractivity (Wildman–Crippen MR) is 60.5 cm³/mol. The van der Waals surface area contributed by atoms with Gasteiger partial charge in [-0.25, -0.2) is 4.79 Å². The van der Waals surface area contributed by atoms with E-state index in [1.807, 2.05) is 0 Å². The molecular weight excluding hydrogens is 369 g/mol. The molecule has 0 fully saturated rings. The minimum Gasteiger partial charge on any atom is -0.478 e. The number of carboxylic acids is 1. The van der Waals surface area contributed by atoms with Gasteiger partial charge in [-0.15, -0.1) is 0 Å². The van der Waals surface area contributed by atoms with Crippen LogP contribution in [0.3, 0.4) is 0 Å². The maximum atomic E-state index is 10.7. The standard InChI is InChI=1S/C7H3BrINO4/c8-4-2-5(9)6(10(13)14)1-3(4)7(11)12/h1-2H,(H,11,12). The second-order valence-electron chi connectivity index (χ2n) is 2.35. The van der Waals surface area contributed by atoms with E-state index in [4.69, 9.17) is 5.11 Å². The summed E-state index contributed by atoms with van der Waals surface area (Å²) in [6.45, 7) is 0. The molecule has 1 N–H and O–H groups in total. The lowest BCUT2D eigenvalue weighted by Crippen LogP contribution is -2.01. The summed E-state index contributed by atoms with van der Waals surface area (Å²) in [4.78, 5) is 20.5. The van der Waals surface area contributed by atoms with Crippen molar-refractivity contribution >= 4 is 50.2 Å². The maximum absolute atomic E-state index is 10.7. The summed E-state index contributed by atoms with van der Waals surface area (Å²) in [5.74, 6) is -1.20. The molecule has 0 unspecified atom stereocenters. The molecule has 0 radical (unpaired) electrons. The molecule has 0 bridgehead atoms. The number of hydrogen-bond donors (Lipinski definition) is 1. The molecule has 0 aromatic heterocycles. The Balaban J connectivity index is 3.42. The number of benzene rings is 1. The summed E-state index contributed by atoms with van der Waals surface area (Å²) in [6.07, 6.45) is 0. The molecule has 1 aromatic rings. The number of nitrogens with zero attached hydrogens (tertiary/aromatic N) is 1. The SMILES string of the molecule is O=C(O)c1cc([N+](=O)[O-])c(I)cc1Br. The average Bonchev–Trinajstić information content (AvgIpc) is 2.02. The highest BCUT2D eigenvalue weighted by atomic mass is 127. The van der Waals surface area contributed by atoms with Crippen molar-refractivity contribution in [1.82, 2.24) is 0 Å². The van der Waals surface area contributed by atoms with Crippen LogP contribution in [0, 0.1) is 13.7 Å². The van der Waals surface area contributed by atoms with Gasteiger partial charge in [-0.3, -0.25) is 10.1 Å². The molecule has 0 amide bonds. The van der Waals surface area contributed by atoms with Crippen LogP contribution in [0.15, 0.2) is 16.6 Å². The Kier molecular flexibility index (Phi) is 3.43. The lowest BCUT2D eigenvalue weighted by atomic mass is 10.2. The van der Waals surface area contributed by atoms with Gasteiger partial charge in [-0.05, 0) is 44.6 Å². The highest BCUT2D eigenvalue weighted by molar-refractivity contribution is 14.1. The van der Waals surface area contributed by atoms with Crippen LogP contribution in [0.1, 0.15) is 10.4 Å². The predicted octanol–water partition coefficient (Wildman–Crippen LogP) is 2.66. The molecule has 0 saturated carbocycles. The van der Waals surface area contributed by atoms with E-state index in [1.54, 1.807) is 22.6 Å². The van der Waals surface area contributed by atoms with Crippen molar-refractivity contribution in [2.75, 3.05) is 0 Å². The highest BCUT2D eigenvalue weighted by Crippen LogP contribution is 2.28. The number of nitro benzene ring substituents is 1. The molecule has 74 valence electrons. The third-order valence-corrected chi connectivity index (χ3v) is 2.98. The summed E-state index contributed by atoms with van der Waals surface area (Å²) < 4.78 is 0.726. The van der Waals surface area contributed by atoms with Gasteiger partial charge in [0.2, 0.25) is 0 Å². The van der Waals surface area contributed by atoms with Gasteiger partial charge >= 0.3 is 5.97 Å². The van der Waals surface area contributed by atoms with E-state index in [0.717, 1.165) is 6.07 Å². The van der Waals surface area contributed by atoms with Crippen molar-refractivity contribution in [3.05, 3.63) is 35.9 Å². The number of aromatic carboxylic acids is 1. The average molecular weight is 372 g/mol. The maximum Gasteiger partial charge on any atom is 0.337 e. The molecule has 0 aliphatic carbocycles. The monoisotopic (exact) mass is 371 g/mol. The molecule has 5 nitrogen and oxygen atoms in total. The number of hydrogen-bond acceptors (Lipinski definition) is 3. The van der Waals surface area contributed by atoms with Crippen LogP contribution in [-0.2, 0) is 0 Å². The minimum absolute atomic E-state index is 0.114. The first-order valence-electron chi connectivity index (χ1n) is 3.30. The molecule has 1 aromatic carbocycles. The molecule has 0 aliphatic rings. The topological polar surface area (TPSA) is 80.4 Å². The smallest absolute Gasteiger partial charge is 0.337 e. The largest absolute Gasteiger partial charge is 0.478 e. The van der Waals surface area contributed by atoms with Crippen LogP contribution in [0.2, 0.25) is 0 Å². The third-order valence-electron chi connectivity index (χ3n) is 1.46. The number of rotatable bonds is 2. The third kappa shape index (κ3) is 2.21. The minimum atomic E-state index is -1.20. The number of carboxylic acid groups (broad SMARTS) is 1. The first-order valence-corrected chi connectivity index (χ1v) is 5.17. The molecule has 14 heavy (non-hydrogen) atoms. The van der Waals surface area contributed by atoms with Crippen molar-refractivity contribution in [3.63, 3.8) is 0 Å². The fourth-order valence-electron chi connectivity index (χ4n) is 0.841. The quantitative estimate of drug-likeness (QED) is 0.492. The highest BCUT2D eigenvalue weighted by Gasteiger charge is 2.18. The van der Waals surface area contributed by atoms with E-state index in [0.29, 0.717) is 8.04 Å². The molecule has 1 rings (SSSR count). The summed E-state index contributed by atoms with van der Waals surface area (Å²) in [5, 5.41) is 19.2. The van der Waals surface area contributed by atoms with Crippen molar-refractivity contribution in [1.29, 1.82) is 0 Å². The summed E-state index contributed by atoms with van der Waals surface area (Å²) in [6, 6.07) is 2.44. The van der Waals surface area contributed by atoms with Crippen LogP contribution >= 0.6 is 38.5 Å². The Morgan fingerprint density at radius 1 is 1.57 bits per heavy atom. The van der Waals surface area contributed by atoms with Crippen LogP contribution in [-0.4, -0.2) is 16.0 Å². The second kappa shape index (κ2) is 4.22. The van der Waals surface area contributed by atoms with E-state index < -0.39 is 10.9 Å². The van der Waals surface area contributed by atoms with E-state index in [-0.39, 0.29) is 11.3 Å². The molecule has 0 atom stereocenters. The van der Waals surface area contributed by atoms with Gasteiger partial charge in [0.25, 0.3) is 5.69 Å². The van der Waals surface area contributed by atoms with Crippen LogP contribution in [0.4, 0.5) is 5.69 Å². The summed E-state index contributed by atoms with van der Waals surface area (Å²) in [5.41, 5.74) is -0.316. The zero-order chi connectivity index (χ0) is 10.9. The Bertz CT molecular complexity index is 385. The fourth-order valence-corrected chi connectivity index (χ4v) is 2.45. The van der Waals surface area contributed by atoms with E-state index >= 15 is 0 Å². The van der Waals surface area contributed by atoms with E-state index in [2.05, 4.69) is 15.9 Å². The van der Waals surface area contributed by atoms with Gasteiger partial charge < -0.3 is 5.11 Å². The van der Waals surface area contributed by atoms with Crippen molar-refractivity contribution < 1.29 is 14.8 Å². The Morgan fingerprint density at radius 3 is 2.57 bits per heavy atom. The zero-order valence-corrected chi connectivity index (χ0v) is 10.3. The van der Waals surface area contributed by atoms with E-state index in [9.17, 15) is 14.9 Å². The van der Waals surface area contributed by atoms with Gasteiger partial charge in [0.15, 0.2) is 0 Å². The summed E-state index contributed by atoms with van der Waals surface area (Å²) >= 11 is 4.80. The lowest BCUT2D eigenvalue weighted by Gasteiger charge is -2.00. The van der Waals surface area contributed by atoms with Crippen LogP contribution in [0.25, 0.3) is 0 Å². The number of carbonyl (C=O) groups is 1. The van der Waals surface area contributed by atoms with Crippen LogP contribution in [0.5, 0.6) is 0 Å². The van der Waals surface area contributed by atoms with E-state index in [1.165, 1.54) is 6.07 Å². The molecule has 0 spiro atoms. The molecule has 0 heterocycles.